The van der Waals surface area contributed by atoms with E-state index in [1.54, 1.807) is 7.11 Å². The zero-order valence-electron chi connectivity index (χ0n) is 16.0. The molecule has 0 bridgehead atoms. The van der Waals surface area contributed by atoms with Crippen molar-refractivity contribution in [3.05, 3.63) is 35.4 Å². The fourth-order valence-electron chi connectivity index (χ4n) is 3.34. The number of benzene rings is 1. The van der Waals surface area contributed by atoms with Crippen molar-refractivity contribution in [3.8, 4) is 0 Å². The molecule has 0 aliphatic carbocycles. The van der Waals surface area contributed by atoms with E-state index in [1.807, 2.05) is 7.05 Å². The first-order chi connectivity index (χ1) is 12.1. The van der Waals surface area contributed by atoms with Crippen molar-refractivity contribution in [1.29, 1.82) is 0 Å². The highest BCUT2D eigenvalue weighted by Gasteiger charge is 2.21. The lowest BCUT2D eigenvalue weighted by molar-refractivity contribution is -0.123. The van der Waals surface area contributed by atoms with Gasteiger partial charge in [0.2, 0.25) is 5.91 Å². The number of methoxy groups -OCH3 is 1. The van der Waals surface area contributed by atoms with Crippen LogP contribution in [0, 0.1) is 6.92 Å². The van der Waals surface area contributed by atoms with Gasteiger partial charge in [-0.25, -0.2) is 0 Å². The van der Waals surface area contributed by atoms with Crippen LogP contribution in [0.1, 0.15) is 30.4 Å². The molecule has 1 aliphatic heterocycles. The third-order valence-corrected chi connectivity index (χ3v) is 4.91. The van der Waals surface area contributed by atoms with E-state index >= 15 is 0 Å². The lowest BCUT2D eigenvalue weighted by Crippen LogP contribution is -2.47. The highest BCUT2D eigenvalue weighted by atomic mass is 16.5. The van der Waals surface area contributed by atoms with Gasteiger partial charge in [-0.05, 0) is 44.4 Å². The molecule has 1 fully saturated rings. The molecule has 1 aromatic carbocycles. The summed E-state index contributed by atoms with van der Waals surface area (Å²) in [5.41, 5.74) is 2.76. The Morgan fingerprint density at radius 2 is 2.04 bits per heavy atom. The van der Waals surface area contributed by atoms with Crippen LogP contribution in [-0.4, -0.2) is 68.7 Å². The maximum Gasteiger partial charge on any atom is 0.234 e. The molecule has 1 saturated heterocycles. The van der Waals surface area contributed by atoms with Gasteiger partial charge < -0.3 is 10.1 Å². The van der Waals surface area contributed by atoms with Crippen LogP contribution in [0.15, 0.2) is 24.3 Å². The Bertz CT molecular complexity index is 527. The number of carbonyl (C=O) groups excluding carboxylic acids is 1. The fraction of sp³-hybridized carbons (Fsp3) is 0.650. The molecule has 1 aliphatic rings. The number of aryl methyl sites for hydroxylation is 1. The maximum atomic E-state index is 12.2. The number of likely N-dealkylation sites (N-methyl/N-ethyl adjacent to an activating group) is 1. The zero-order chi connectivity index (χ0) is 18.1. The van der Waals surface area contributed by atoms with E-state index in [0.29, 0.717) is 12.6 Å². The highest BCUT2D eigenvalue weighted by Crippen LogP contribution is 2.16. The molecule has 1 N–H and O–H groups in total. The molecule has 0 aromatic heterocycles. The van der Waals surface area contributed by atoms with E-state index in [-0.39, 0.29) is 5.91 Å². The molecule has 0 spiro atoms. The van der Waals surface area contributed by atoms with Crippen molar-refractivity contribution < 1.29 is 9.53 Å². The second kappa shape index (κ2) is 10.5. The summed E-state index contributed by atoms with van der Waals surface area (Å²) < 4.78 is 5.05. The number of piperidine rings is 1. The number of nitrogens with zero attached hydrogens (tertiary/aromatic N) is 2. The number of likely N-dealkylation sites (tertiary alicyclic amines) is 1. The van der Waals surface area contributed by atoms with Crippen LogP contribution < -0.4 is 5.32 Å². The van der Waals surface area contributed by atoms with E-state index in [2.05, 4.69) is 46.3 Å². The van der Waals surface area contributed by atoms with Crippen LogP contribution in [0.25, 0.3) is 0 Å². The van der Waals surface area contributed by atoms with Crippen LogP contribution in [0.3, 0.4) is 0 Å². The topological polar surface area (TPSA) is 44.8 Å². The first-order valence-electron chi connectivity index (χ1n) is 9.32. The third kappa shape index (κ3) is 7.14. The van der Waals surface area contributed by atoms with Gasteiger partial charge in [-0.1, -0.05) is 24.3 Å². The lowest BCUT2D eigenvalue weighted by Gasteiger charge is -2.33. The molecule has 2 rings (SSSR count). The van der Waals surface area contributed by atoms with Crippen molar-refractivity contribution in [2.75, 3.05) is 46.9 Å². The number of hydrogen-bond donors (Lipinski definition) is 1. The van der Waals surface area contributed by atoms with Crippen molar-refractivity contribution in [2.24, 2.45) is 0 Å². The number of nitrogens with one attached hydrogen (secondary N) is 1. The maximum absolute atomic E-state index is 12.2. The molecule has 1 amide bonds. The Morgan fingerprint density at radius 1 is 1.32 bits per heavy atom. The minimum atomic E-state index is 0.136. The van der Waals surface area contributed by atoms with Gasteiger partial charge >= 0.3 is 0 Å². The van der Waals surface area contributed by atoms with E-state index < -0.39 is 0 Å². The summed E-state index contributed by atoms with van der Waals surface area (Å²) in [5, 5.41) is 3.20. The number of amides is 1. The molecule has 0 atom stereocenters. The van der Waals surface area contributed by atoms with E-state index in [9.17, 15) is 4.79 Å². The minimum absolute atomic E-state index is 0.136. The summed E-state index contributed by atoms with van der Waals surface area (Å²) in [7, 11) is 3.69. The Morgan fingerprint density at radius 3 is 2.72 bits per heavy atom. The van der Waals surface area contributed by atoms with Gasteiger partial charge in [0.05, 0.1) is 6.54 Å². The van der Waals surface area contributed by atoms with Gasteiger partial charge in [0, 0.05) is 45.9 Å². The Balaban J connectivity index is 1.66. The molecule has 0 saturated carbocycles. The lowest BCUT2D eigenvalue weighted by atomic mass is 10.0. The van der Waals surface area contributed by atoms with Gasteiger partial charge in [0.1, 0.15) is 0 Å². The minimum Gasteiger partial charge on any atom is -0.385 e. The van der Waals surface area contributed by atoms with Crippen LogP contribution in [-0.2, 0) is 16.1 Å². The second-order valence-corrected chi connectivity index (χ2v) is 7.13. The summed E-state index contributed by atoms with van der Waals surface area (Å²) in [5.74, 6) is 0.136. The molecule has 140 valence electrons. The van der Waals surface area contributed by atoms with Crippen LogP contribution in [0.5, 0.6) is 0 Å². The predicted molar refractivity (Wildman–Crippen MR) is 102 cm³/mol. The summed E-state index contributed by atoms with van der Waals surface area (Å²) >= 11 is 0. The standard InChI is InChI=1S/C20H33N3O2/c1-17-7-4-5-8-18(17)15-23-12-9-19(10-13-23)21-20(24)16-22(2)11-6-14-25-3/h4-5,7-8,19H,6,9-16H2,1-3H3,(H,21,24). The molecular formula is C20H33N3O2. The molecule has 0 radical (unpaired) electrons. The molecule has 1 heterocycles. The Kier molecular flexibility index (Phi) is 8.38. The van der Waals surface area contributed by atoms with Crippen molar-refractivity contribution >= 4 is 5.91 Å². The smallest absolute Gasteiger partial charge is 0.234 e. The molecule has 5 heteroatoms. The van der Waals surface area contributed by atoms with Crippen molar-refractivity contribution in [1.82, 2.24) is 15.1 Å². The fourth-order valence-corrected chi connectivity index (χ4v) is 3.34. The number of hydrogen-bond acceptors (Lipinski definition) is 4. The van der Waals surface area contributed by atoms with E-state index in [0.717, 1.165) is 52.0 Å². The van der Waals surface area contributed by atoms with Gasteiger partial charge in [0.15, 0.2) is 0 Å². The quantitative estimate of drug-likeness (QED) is 0.695. The molecule has 5 nitrogen and oxygen atoms in total. The molecular weight excluding hydrogens is 314 g/mol. The average molecular weight is 348 g/mol. The first-order valence-corrected chi connectivity index (χ1v) is 9.32. The Labute approximate surface area is 152 Å². The van der Waals surface area contributed by atoms with Gasteiger partial charge in [-0.3, -0.25) is 14.6 Å². The Hall–Kier alpha value is -1.43. The van der Waals surface area contributed by atoms with Gasteiger partial charge in [-0.15, -0.1) is 0 Å². The van der Waals surface area contributed by atoms with Gasteiger partial charge in [0.25, 0.3) is 0 Å². The summed E-state index contributed by atoms with van der Waals surface area (Å²) in [6, 6.07) is 8.90. The zero-order valence-corrected chi connectivity index (χ0v) is 16.0. The van der Waals surface area contributed by atoms with Crippen molar-refractivity contribution in [2.45, 2.75) is 38.8 Å². The first kappa shape index (κ1) is 19.9. The summed E-state index contributed by atoms with van der Waals surface area (Å²) in [6.45, 7) is 7.36. The van der Waals surface area contributed by atoms with Crippen molar-refractivity contribution in [3.63, 3.8) is 0 Å². The predicted octanol–water partition coefficient (Wildman–Crippen LogP) is 2.04. The van der Waals surface area contributed by atoms with E-state index in [1.165, 1.54) is 11.1 Å². The SMILES string of the molecule is COCCCN(C)CC(=O)NC1CCN(Cc2ccccc2C)CC1. The molecule has 25 heavy (non-hydrogen) atoms. The van der Waals surface area contributed by atoms with Gasteiger partial charge in [-0.2, -0.15) is 0 Å². The number of ether oxygens (including phenoxy) is 1. The van der Waals surface area contributed by atoms with Crippen LogP contribution >= 0.6 is 0 Å². The normalized spacial score (nSPS) is 16.3. The summed E-state index contributed by atoms with van der Waals surface area (Å²) in [4.78, 5) is 16.7. The number of rotatable bonds is 9. The highest BCUT2D eigenvalue weighted by molar-refractivity contribution is 5.78. The molecule has 1 aromatic rings. The number of carbonyl (C=O) groups is 1. The largest absolute Gasteiger partial charge is 0.385 e. The third-order valence-electron chi connectivity index (χ3n) is 4.91. The second-order valence-electron chi connectivity index (χ2n) is 7.13. The summed E-state index contributed by atoms with van der Waals surface area (Å²) in [6.07, 6.45) is 3.02. The van der Waals surface area contributed by atoms with E-state index in [4.69, 9.17) is 4.74 Å². The van der Waals surface area contributed by atoms with Crippen LogP contribution in [0.4, 0.5) is 0 Å². The van der Waals surface area contributed by atoms with Crippen LogP contribution in [0.2, 0.25) is 0 Å². The average Bonchev–Trinajstić information content (AvgIpc) is 2.59. The molecule has 0 unspecified atom stereocenters. The monoisotopic (exact) mass is 347 g/mol.